The number of aromatic amines is 1. The number of carbonyl (C=O) groups excluding carboxylic acids is 1. The maximum atomic E-state index is 13.1. The van der Waals surface area contributed by atoms with Gasteiger partial charge in [0.2, 0.25) is 0 Å². The molecule has 4 rings (SSSR count). The summed E-state index contributed by atoms with van der Waals surface area (Å²) in [6, 6.07) is 12.7. The molecular formula is C21H21N3O3S. The van der Waals surface area contributed by atoms with Gasteiger partial charge < -0.3 is 9.72 Å². The van der Waals surface area contributed by atoms with Crippen LogP contribution in [0.15, 0.2) is 47.3 Å². The van der Waals surface area contributed by atoms with Crippen molar-refractivity contribution in [3.63, 3.8) is 0 Å². The number of likely N-dealkylation sites (tertiary alicyclic amines) is 1. The van der Waals surface area contributed by atoms with Crippen molar-refractivity contribution in [1.82, 2.24) is 14.5 Å². The first-order valence-corrected chi connectivity index (χ1v) is 9.67. The van der Waals surface area contributed by atoms with E-state index >= 15 is 0 Å². The Morgan fingerprint density at radius 2 is 1.96 bits per heavy atom. The maximum absolute atomic E-state index is 13.1. The van der Waals surface area contributed by atoms with E-state index in [1.54, 1.807) is 18.2 Å². The molecule has 1 aliphatic rings. The van der Waals surface area contributed by atoms with E-state index in [0.29, 0.717) is 16.5 Å². The first-order valence-electron chi connectivity index (χ1n) is 9.26. The number of hydrogen-bond donors (Lipinski definition) is 1. The first kappa shape index (κ1) is 18.6. The third-order valence-corrected chi connectivity index (χ3v) is 5.38. The van der Waals surface area contributed by atoms with Crippen LogP contribution >= 0.6 is 12.2 Å². The summed E-state index contributed by atoms with van der Waals surface area (Å²) in [5.74, 6) is -0.458. The molecule has 28 heavy (non-hydrogen) atoms. The standard InChI is InChI=1S/C21H21N3O3S/c1-27-20(26)15-7-8-17-18(12-15)22-21(28)24(19(17)25)16-6-4-5-14(11-16)13-23-9-2-3-10-23/h4-8,11-12H,2-3,9-10,13H2,1H3,(H,22,28). The Kier molecular flexibility index (Phi) is 5.11. The highest BCUT2D eigenvalue weighted by Gasteiger charge is 2.14. The average molecular weight is 395 g/mol. The van der Waals surface area contributed by atoms with Gasteiger partial charge in [-0.25, -0.2) is 4.79 Å². The Labute approximate surface area is 167 Å². The maximum Gasteiger partial charge on any atom is 0.337 e. The lowest BCUT2D eigenvalue weighted by Crippen LogP contribution is -2.22. The largest absolute Gasteiger partial charge is 0.465 e. The topological polar surface area (TPSA) is 67.3 Å². The number of ether oxygens (including phenoxy) is 1. The molecule has 0 amide bonds. The molecule has 0 bridgehead atoms. The van der Waals surface area contributed by atoms with Crippen LogP contribution in [-0.2, 0) is 11.3 Å². The second kappa shape index (κ2) is 7.69. The molecule has 144 valence electrons. The summed E-state index contributed by atoms with van der Waals surface area (Å²) in [6.07, 6.45) is 2.48. The number of H-pyrrole nitrogens is 1. The average Bonchev–Trinajstić information content (AvgIpc) is 3.20. The van der Waals surface area contributed by atoms with Crippen LogP contribution in [0.25, 0.3) is 16.6 Å². The van der Waals surface area contributed by atoms with Gasteiger partial charge in [-0.05, 0) is 74.0 Å². The SMILES string of the molecule is COC(=O)c1ccc2c(=O)n(-c3cccc(CN4CCCC4)c3)c(=S)[nH]c2c1. The second-order valence-electron chi connectivity index (χ2n) is 6.98. The highest BCUT2D eigenvalue weighted by atomic mass is 32.1. The molecule has 7 heteroatoms. The molecule has 0 aliphatic carbocycles. The summed E-state index contributed by atoms with van der Waals surface area (Å²) in [7, 11) is 1.32. The van der Waals surface area contributed by atoms with E-state index in [0.717, 1.165) is 30.9 Å². The fourth-order valence-corrected chi connectivity index (χ4v) is 3.99. The van der Waals surface area contributed by atoms with Gasteiger partial charge in [0.15, 0.2) is 4.77 Å². The highest BCUT2D eigenvalue weighted by Crippen LogP contribution is 2.17. The molecule has 1 fully saturated rings. The highest BCUT2D eigenvalue weighted by molar-refractivity contribution is 7.71. The van der Waals surface area contributed by atoms with Crippen molar-refractivity contribution in [2.75, 3.05) is 20.2 Å². The summed E-state index contributed by atoms with van der Waals surface area (Å²) in [6.45, 7) is 3.10. The van der Waals surface area contributed by atoms with Crippen molar-refractivity contribution in [2.45, 2.75) is 19.4 Å². The van der Waals surface area contributed by atoms with Gasteiger partial charge in [-0.2, -0.15) is 0 Å². The van der Waals surface area contributed by atoms with Crippen LogP contribution in [0.4, 0.5) is 0 Å². The Morgan fingerprint density at radius 1 is 1.18 bits per heavy atom. The third kappa shape index (κ3) is 3.50. The minimum Gasteiger partial charge on any atom is -0.465 e. The molecule has 2 aromatic carbocycles. The van der Waals surface area contributed by atoms with Crippen LogP contribution in [0, 0.1) is 4.77 Å². The van der Waals surface area contributed by atoms with Crippen LogP contribution in [-0.4, -0.2) is 40.6 Å². The lowest BCUT2D eigenvalue weighted by Gasteiger charge is -2.16. The van der Waals surface area contributed by atoms with Crippen LogP contribution < -0.4 is 5.56 Å². The van der Waals surface area contributed by atoms with Gasteiger partial charge in [0.1, 0.15) is 0 Å². The third-order valence-electron chi connectivity index (χ3n) is 5.09. The molecular weight excluding hydrogens is 374 g/mol. The number of nitrogens with one attached hydrogen (secondary N) is 1. The van der Waals surface area contributed by atoms with Gasteiger partial charge in [0.05, 0.1) is 29.3 Å². The number of esters is 1. The monoisotopic (exact) mass is 395 g/mol. The van der Waals surface area contributed by atoms with Crippen molar-refractivity contribution in [3.8, 4) is 5.69 Å². The summed E-state index contributed by atoms with van der Waals surface area (Å²) < 4.78 is 6.53. The van der Waals surface area contributed by atoms with E-state index in [9.17, 15) is 9.59 Å². The van der Waals surface area contributed by atoms with Gasteiger partial charge in [-0.1, -0.05) is 12.1 Å². The number of benzene rings is 2. The molecule has 0 radical (unpaired) electrons. The molecule has 1 aliphatic heterocycles. The number of aromatic nitrogens is 2. The number of fused-ring (bicyclic) bond motifs is 1. The summed E-state index contributed by atoms with van der Waals surface area (Å²) in [4.78, 5) is 30.3. The van der Waals surface area contributed by atoms with Gasteiger partial charge in [-0.3, -0.25) is 14.3 Å². The van der Waals surface area contributed by atoms with E-state index in [-0.39, 0.29) is 10.3 Å². The lowest BCUT2D eigenvalue weighted by molar-refractivity contribution is 0.0601. The van der Waals surface area contributed by atoms with Crippen LogP contribution in [0.3, 0.4) is 0 Å². The fourth-order valence-electron chi connectivity index (χ4n) is 3.69. The van der Waals surface area contributed by atoms with Crippen molar-refractivity contribution in [1.29, 1.82) is 0 Å². The van der Waals surface area contributed by atoms with Crippen LogP contribution in [0.5, 0.6) is 0 Å². The minimum absolute atomic E-state index is 0.214. The summed E-state index contributed by atoms with van der Waals surface area (Å²) in [5.41, 5.74) is 2.56. The van der Waals surface area contributed by atoms with Gasteiger partial charge in [0.25, 0.3) is 5.56 Å². The summed E-state index contributed by atoms with van der Waals surface area (Å²) >= 11 is 5.45. The molecule has 1 aromatic heterocycles. The van der Waals surface area contributed by atoms with Crippen molar-refractivity contribution < 1.29 is 9.53 Å². The molecule has 1 saturated heterocycles. The van der Waals surface area contributed by atoms with Crippen LogP contribution in [0.1, 0.15) is 28.8 Å². The second-order valence-corrected chi connectivity index (χ2v) is 7.36. The van der Waals surface area contributed by atoms with Crippen molar-refractivity contribution in [2.24, 2.45) is 0 Å². The fraction of sp³-hybridized carbons (Fsp3) is 0.286. The Hall–Kier alpha value is -2.77. The number of rotatable bonds is 4. The quantitative estimate of drug-likeness (QED) is 0.542. The number of methoxy groups -OCH3 is 1. The van der Waals surface area contributed by atoms with E-state index in [1.807, 2.05) is 18.2 Å². The van der Waals surface area contributed by atoms with Gasteiger partial charge in [0, 0.05) is 6.54 Å². The number of nitrogens with zero attached hydrogens (tertiary/aromatic N) is 2. The van der Waals surface area contributed by atoms with E-state index < -0.39 is 5.97 Å². The predicted octanol–water partition coefficient (Wildman–Crippen LogP) is 3.43. The number of hydrogen-bond acceptors (Lipinski definition) is 5. The molecule has 3 aromatic rings. The predicted molar refractivity (Wildman–Crippen MR) is 111 cm³/mol. The molecule has 1 N–H and O–H groups in total. The minimum atomic E-state index is -0.458. The van der Waals surface area contributed by atoms with Crippen molar-refractivity contribution in [3.05, 3.63) is 68.7 Å². The molecule has 0 atom stereocenters. The molecule has 0 spiro atoms. The van der Waals surface area contributed by atoms with Crippen LogP contribution in [0.2, 0.25) is 0 Å². The molecule has 2 heterocycles. The Balaban J connectivity index is 1.77. The summed E-state index contributed by atoms with van der Waals surface area (Å²) in [5, 5.41) is 0.464. The molecule has 0 unspecified atom stereocenters. The van der Waals surface area contributed by atoms with Gasteiger partial charge in [-0.15, -0.1) is 0 Å². The first-order chi connectivity index (χ1) is 13.6. The molecule has 0 saturated carbocycles. The zero-order chi connectivity index (χ0) is 19.7. The lowest BCUT2D eigenvalue weighted by atomic mass is 10.1. The zero-order valence-electron chi connectivity index (χ0n) is 15.6. The zero-order valence-corrected chi connectivity index (χ0v) is 16.4. The van der Waals surface area contributed by atoms with E-state index in [4.69, 9.17) is 17.0 Å². The normalized spacial score (nSPS) is 14.5. The Bertz CT molecular complexity index is 1160. The van der Waals surface area contributed by atoms with Gasteiger partial charge >= 0.3 is 5.97 Å². The van der Waals surface area contributed by atoms with Crippen molar-refractivity contribution >= 4 is 29.1 Å². The number of carbonyl (C=O) groups is 1. The smallest absolute Gasteiger partial charge is 0.337 e. The van der Waals surface area contributed by atoms with E-state index in [2.05, 4.69) is 16.0 Å². The molecule has 6 nitrogen and oxygen atoms in total. The Morgan fingerprint density at radius 3 is 2.71 bits per heavy atom. The van der Waals surface area contributed by atoms with E-state index in [1.165, 1.54) is 24.5 Å².